The van der Waals surface area contributed by atoms with Gasteiger partial charge in [-0.3, -0.25) is 4.72 Å². The Balaban J connectivity index is 2.20. The van der Waals surface area contributed by atoms with Gasteiger partial charge in [0, 0.05) is 6.04 Å². The van der Waals surface area contributed by atoms with Crippen molar-refractivity contribution in [2.24, 2.45) is 0 Å². The SMILES string of the molecule is Cc1cc(F)c(Br)cc1NS(=O)(=O)NC1CC1. The number of anilines is 1. The fourth-order valence-corrected chi connectivity index (χ4v) is 2.94. The molecule has 7 heteroatoms. The number of rotatable bonds is 4. The van der Waals surface area contributed by atoms with Crippen molar-refractivity contribution in [1.82, 2.24) is 4.72 Å². The first kappa shape index (κ1) is 12.8. The third-order valence-electron chi connectivity index (χ3n) is 2.41. The number of hydrogen-bond donors (Lipinski definition) is 2. The largest absolute Gasteiger partial charge is 0.299 e. The van der Waals surface area contributed by atoms with Crippen LogP contribution in [0.4, 0.5) is 10.1 Å². The maximum Gasteiger partial charge on any atom is 0.299 e. The van der Waals surface area contributed by atoms with E-state index in [4.69, 9.17) is 0 Å². The highest BCUT2D eigenvalue weighted by Gasteiger charge is 2.27. The maximum atomic E-state index is 13.2. The van der Waals surface area contributed by atoms with E-state index >= 15 is 0 Å². The van der Waals surface area contributed by atoms with Crippen molar-refractivity contribution in [2.75, 3.05) is 4.72 Å². The zero-order chi connectivity index (χ0) is 12.6. The lowest BCUT2D eigenvalue weighted by atomic mass is 10.2. The number of halogens is 2. The Kier molecular flexibility index (Phi) is 3.42. The summed E-state index contributed by atoms with van der Waals surface area (Å²) in [4.78, 5) is 0. The predicted octanol–water partition coefficient (Wildman–Crippen LogP) is 2.31. The molecule has 1 aliphatic rings. The van der Waals surface area contributed by atoms with Crippen LogP contribution in [0.2, 0.25) is 0 Å². The molecule has 0 aromatic heterocycles. The zero-order valence-electron chi connectivity index (χ0n) is 9.13. The molecule has 0 spiro atoms. The molecule has 94 valence electrons. The Morgan fingerprint density at radius 3 is 2.65 bits per heavy atom. The summed E-state index contributed by atoms with van der Waals surface area (Å²) in [7, 11) is -3.57. The van der Waals surface area contributed by atoms with Crippen molar-refractivity contribution >= 4 is 31.8 Å². The molecule has 1 aliphatic carbocycles. The Morgan fingerprint density at radius 2 is 2.06 bits per heavy atom. The molecule has 0 saturated heterocycles. The summed E-state index contributed by atoms with van der Waals surface area (Å²) in [5.74, 6) is -0.416. The van der Waals surface area contributed by atoms with Crippen LogP contribution in [0.5, 0.6) is 0 Å². The lowest BCUT2D eigenvalue weighted by Crippen LogP contribution is -2.32. The van der Waals surface area contributed by atoms with Crippen molar-refractivity contribution in [2.45, 2.75) is 25.8 Å². The lowest BCUT2D eigenvalue weighted by molar-refractivity contribution is 0.586. The van der Waals surface area contributed by atoms with Gasteiger partial charge in [-0.1, -0.05) is 0 Å². The summed E-state index contributed by atoms with van der Waals surface area (Å²) >= 11 is 3.02. The van der Waals surface area contributed by atoms with Gasteiger partial charge in [0.15, 0.2) is 0 Å². The van der Waals surface area contributed by atoms with Crippen LogP contribution >= 0.6 is 15.9 Å². The van der Waals surface area contributed by atoms with Crippen LogP contribution in [-0.4, -0.2) is 14.5 Å². The first-order valence-corrected chi connectivity index (χ1v) is 7.41. The van der Waals surface area contributed by atoms with Crippen LogP contribution in [0.3, 0.4) is 0 Å². The van der Waals surface area contributed by atoms with Crippen LogP contribution in [0.25, 0.3) is 0 Å². The van der Waals surface area contributed by atoms with Crippen molar-refractivity contribution in [3.05, 3.63) is 28.0 Å². The van der Waals surface area contributed by atoms with Gasteiger partial charge in [-0.2, -0.15) is 13.1 Å². The highest BCUT2D eigenvalue weighted by molar-refractivity contribution is 9.10. The number of hydrogen-bond acceptors (Lipinski definition) is 2. The molecule has 1 fully saturated rings. The van der Waals surface area contributed by atoms with E-state index in [1.54, 1.807) is 6.92 Å². The molecule has 1 saturated carbocycles. The molecule has 0 unspecified atom stereocenters. The summed E-state index contributed by atoms with van der Waals surface area (Å²) < 4.78 is 41.6. The van der Waals surface area contributed by atoms with Crippen LogP contribution in [0, 0.1) is 12.7 Å². The minimum Gasteiger partial charge on any atom is -0.271 e. The molecule has 0 atom stereocenters. The molecule has 2 rings (SSSR count). The van der Waals surface area contributed by atoms with Gasteiger partial charge in [-0.05, 0) is 53.4 Å². The molecule has 1 aromatic carbocycles. The molecule has 0 bridgehead atoms. The third kappa shape index (κ3) is 3.40. The molecule has 2 N–H and O–H groups in total. The smallest absolute Gasteiger partial charge is 0.271 e. The normalized spacial score (nSPS) is 15.9. The number of aryl methyl sites for hydroxylation is 1. The van der Waals surface area contributed by atoms with E-state index in [9.17, 15) is 12.8 Å². The summed E-state index contributed by atoms with van der Waals surface area (Å²) in [5, 5.41) is 0. The predicted molar refractivity (Wildman–Crippen MR) is 67.5 cm³/mol. The monoisotopic (exact) mass is 322 g/mol. The van der Waals surface area contributed by atoms with Crippen LogP contribution < -0.4 is 9.44 Å². The Bertz CT molecular complexity index is 543. The van der Waals surface area contributed by atoms with Crippen molar-refractivity contribution in [3.63, 3.8) is 0 Å². The number of benzene rings is 1. The van der Waals surface area contributed by atoms with Gasteiger partial charge in [0.25, 0.3) is 10.2 Å². The highest BCUT2D eigenvalue weighted by atomic mass is 79.9. The van der Waals surface area contributed by atoms with Crippen LogP contribution in [0.15, 0.2) is 16.6 Å². The second-order valence-corrected chi connectivity index (χ2v) is 6.38. The van der Waals surface area contributed by atoms with Gasteiger partial charge >= 0.3 is 0 Å². The van der Waals surface area contributed by atoms with E-state index < -0.39 is 16.0 Å². The van der Waals surface area contributed by atoms with Crippen molar-refractivity contribution < 1.29 is 12.8 Å². The molecule has 0 heterocycles. The highest BCUT2D eigenvalue weighted by Crippen LogP contribution is 2.25. The average Bonchev–Trinajstić information content (AvgIpc) is 2.96. The average molecular weight is 323 g/mol. The first-order chi connectivity index (χ1) is 7.87. The van der Waals surface area contributed by atoms with Gasteiger partial charge in [0.05, 0.1) is 10.2 Å². The van der Waals surface area contributed by atoms with Gasteiger partial charge < -0.3 is 0 Å². The maximum absolute atomic E-state index is 13.2. The molecule has 0 aliphatic heterocycles. The third-order valence-corrected chi connectivity index (χ3v) is 4.15. The van der Waals surface area contributed by atoms with Gasteiger partial charge in [0.1, 0.15) is 5.82 Å². The standard InChI is InChI=1S/C10H12BrFN2O2S/c1-6-4-9(12)8(11)5-10(6)14-17(15,16)13-7-2-3-7/h4-5,7,13-14H,2-3H2,1H3. The van der Waals surface area contributed by atoms with E-state index in [1.165, 1.54) is 12.1 Å². The molecule has 1 aromatic rings. The molecule has 0 radical (unpaired) electrons. The van der Waals surface area contributed by atoms with Crippen molar-refractivity contribution in [3.8, 4) is 0 Å². The van der Waals surface area contributed by atoms with E-state index in [1.807, 2.05) is 0 Å². The molecule has 4 nitrogen and oxygen atoms in total. The topological polar surface area (TPSA) is 58.2 Å². The molecular formula is C10H12BrFN2O2S. The second-order valence-electron chi connectivity index (χ2n) is 4.08. The van der Waals surface area contributed by atoms with Gasteiger partial charge in [-0.25, -0.2) is 4.39 Å². The second kappa shape index (κ2) is 4.55. The first-order valence-electron chi connectivity index (χ1n) is 5.13. The Morgan fingerprint density at radius 1 is 1.41 bits per heavy atom. The Hall–Kier alpha value is -0.660. The van der Waals surface area contributed by atoms with Gasteiger partial charge in [-0.15, -0.1) is 0 Å². The minimum absolute atomic E-state index is 0.0386. The van der Waals surface area contributed by atoms with E-state index in [-0.39, 0.29) is 10.5 Å². The van der Waals surface area contributed by atoms with E-state index in [0.717, 1.165) is 12.8 Å². The van der Waals surface area contributed by atoms with E-state index in [0.29, 0.717) is 11.3 Å². The molecular weight excluding hydrogens is 311 g/mol. The molecule has 0 amide bonds. The Labute approximate surface area is 108 Å². The van der Waals surface area contributed by atoms with Crippen LogP contribution in [-0.2, 0) is 10.2 Å². The quantitative estimate of drug-likeness (QED) is 0.893. The lowest BCUT2D eigenvalue weighted by Gasteiger charge is -2.11. The summed E-state index contributed by atoms with van der Waals surface area (Å²) in [6.45, 7) is 1.64. The fourth-order valence-electron chi connectivity index (χ4n) is 1.35. The number of nitrogens with one attached hydrogen (secondary N) is 2. The van der Waals surface area contributed by atoms with E-state index in [2.05, 4.69) is 25.4 Å². The van der Waals surface area contributed by atoms with Crippen molar-refractivity contribution in [1.29, 1.82) is 0 Å². The summed E-state index contributed by atoms with van der Waals surface area (Å²) in [6, 6.07) is 2.73. The fraction of sp³-hybridized carbons (Fsp3) is 0.400. The van der Waals surface area contributed by atoms with Gasteiger partial charge in [0.2, 0.25) is 0 Å². The minimum atomic E-state index is -3.57. The summed E-state index contributed by atoms with van der Waals surface area (Å²) in [5.41, 5.74) is 0.901. The zero-order valence-corrected chi connectivity index (χ0v) is 11.5. The van der Waals surface area contributed by atoms with Crippen LogP contribution in [0.1, 0.15) is 18.4 Å². The molecule has 17 heavy (non-hydrogen) atoms. The summed E-state index contributed by atoms with van der Waals surface area (Å²) in [6.07, 6.45) is 1.74.